The van der Waals surface area contributed by atoms with Gasteiger partial charge in [-0.1, -0.05) is 109 Å². The van der Waals surface area contributed by atoms with Crippen LogP contribution in [0.4, 0.5) is 11.5 Å². The summed E-state index contributed by atoms with van der Waals surface area (Å²) in [5.74, 6) is 2.54. The second-order valence-electron chi connectivity index (χ2n) is 13.6. The van der Waals surface area contributed by atoms with Crippen molar-refractivity contribution >= 4 is 56.9 Å². The predicted molar refractivity (Wildman–Crippen MR) is 221 cm³/mol. The van der Waals surface area contributed by atoms with Crippen molar-refractivity contribution in [3.8, 4) is 34.3 Å². The summed E-state index contributed by atoms with van der Waals surface area (Å²) in [4.78, 5) is 6.71. The fourth-order valence-electron chi connectivity index (χ4n) is 7.83. The van der Waals surface area contributed by atoms with E-state index < -0.39 is 7.05 Å². The standard InChI is InChI=1S/C48H30BN5O2.Pt/c1-2-15-34(16-3-1)49-54(48-27-12-13-30-50-48)46-32-37(28-29-47(46)56-49)55-36-18-14-17-35(31-36)51-33-52(43-24-9-8-23-42(43)51)44-25-10-11-26-45(44)53-40-21-6-4-19-38(40)39-20-5-7-22-41(39)53;/h1-30H;/q-2;. The Morgan fingerprint density at radius 1 is 0.596 bits per heavy atom. The van der Waals surface area contributed by atoms with Gasteiger partial charge in [-0.3, -0.25) is 4.57 Å². The Kier molecular flexibility index (Phi) is 8.69. The van der Waals surface area contributed by atoms with Crippen LogP contribution in [0.3, 0.4) is 0 Å². The number of pyridine rings is 1. The van der Waals surface area contributed by atoms with Crippen molar-refractivity contribution in [3.05, 3.63) is 201 Å². The molecule has 0 saturated heterocycles. The molecule has 7 nitrogen and oxygen atoms in total. The molecule has 0 radical (unpaired) electrons. The zero-order valence-electron chi connectivity index (χ0n) is 30.3. The molecule has 7 aromatic carbocycles. The van der Waals surface area contributed by atoms with Crippen LogP contribution in [0.25, 0.3) is 49.9 Å². The molecule has 3 aromatic heterocycles. The first-order valence-electron chi connectivity index (χ1n) is 18.5. The summed E-state index contributed by atoms with van der Waals surface area (Å²) in [5.41, 5.74) is 8.90. The average Bonchev–Trinajstić information content (AvgIpc) is 3.95. The molecule has 0 N–H and O–H groups in total. The summed E-state index contributed by atoms with van der Waals surface area (Å²) in [6.07, 6.45) is 5.47. The van der Waals surface area contributed by atoms with Crippen LogP contribution in [0.5, 0.6) is 17.2 Å². The van der Waals surface area contributed by atoms with E-state index in [9.17, 15) is 0 Å². The maximum absolute atomic E-state index is 6.49. The number of nitrogens with zero attached hydrogens (tertiary/aromatic N) is 5. The molecule has 0 aliphatic carbocycles. The van der Waals surface area contributed by atoms with Gasteiger partial charge in [-0.15, -0.1) is 30.3 Å². The molecule has 0 unspecified atom stereocenters. The number of fused-ring (bicyclic) bond motifs is 5. The smallest absolute Gasteiger partial charge is 0.511 e. The van der Waals surface area contributed by atoms with Crippen molar-refractivity contribution in [1.82, 2.24) is 14.1 Å². The number of aromatic nitrogens is 4. The van der Waals surface area contributed by atoms with Gasteiger partial charge in [-0.25, -0.2) is 4.98 Å². The van der Waals surface area contributed by atoms with E-state index in [0.29, 0.717) is 17.2 Å². The normalized spacial score (nSPS) is 12.1. The van der Waals surface area contributed by atoms with Crippen molar-refractivity contribution < 1.29 is 35.0 Å². The van der Waals surface area contributed by atoms with Gasteiger partial charge in [0.15, 0.2) is 0 Å². The summed E-state index contributed by atoms with van der Waals surface area (Å²) in [6, 6.07) is 66.7. The maximum atomic E-state index is 6.49. The van der Waals surface area contributed by atoms with E-state index in [1.807, 2.05) is 77.4 Å². The first-order chi connectivity index (χ1) is 27.8. The Hall–Kier alpha value is -6.89. The number of anilines is 2. The molecule has 0 bridgehead atoms. The van der Waals surface area contributed by atoms with Crippen molar-refractivity contribution in [2.24, 2.45) is 0 Å². The Bertz CT molecular complexity index is 3020. The van der Waals surface area contributed by atoms with Gasteiger partial charge in [-0.05, 0) is 53.2 Å². The van der Waals surface area contributed by atoms with Gasteiger partial charge in [0.05, 0.1) is 33.4 Å². The van der Waals surface area contributed by atoms with E-state index in [1.165, 1.54) is 10.8 Å². The van der Waals surface area contributed by atoms with Crippen molar-refractivity contribution in [2.75, 3.05) is 4.81 Å². The fourth-order valence-corrected chi connectivity index (χ4v) is 7.83. The van der Waals surface area contributed by atoms with Crippen LogP contribution in [0.1, 0.15) is 0 Å². The summed E-state index contributed by atoms with van der Waals surface area (Å²) >= 11 is 0. The summed E-state index contributed by atoms with van der Waals surface area (Å²) < 4.78 is 19.5. The van der Waals surface area contributed by atoms with Gasteiger partial charge in [0.2, 0.25) is 0 Å². The van der Waals surface area contributed by atoms with Crippen LogP contribution in [-0.4, -0.2) is 21.2 Å². The van der Waals surface area contributed by atoms with Crippen LogP contribution in [0, 0.1) is 18.5 Å². The molecular formula is C48H30BN5O2Pt-2. The minimum absolute atomic E-state index is 0. The zero-order chi connectivity index (χ0) is 37.0. The molecular weight excluding hydrogens is 884 g/mol. The number of hydrogen-bond donors (Lipinski definition) is 0. The van der Waals surface area contributed by atoms with Gasteiger partial charge in [0.25, 0.3) is 6.33 Å². The SMILES string of the molecule is [Pt].[c-]1c(Oc2[c-]c3c(cc2)OB(c2ccccc2)N3c2ccccn2)cccc1-n1[c-][n+](-c2ccccc2-n2c3ccccc3c3ccccc32)c2ccccc21. The third-order valence-electron chi connectivity index (χ3n) is 10.3. The number of hydrogen-bond acceptors (Lipinski definition) is 4. The monoisotopic (exact) mass is 914 g/mol. The molecule has 1 aliphatic rings. The summed E-state index contributed by atoms with van der Waals surface area (Å²) in [6.45, 7) is 0. The molecule has 0 fully saturated rings. The Balaban J connectivity index is 0.00000396. The van der Waals surface area contributed by atoms with Crippen LogP contribution >= 0.6 is 0 Å². The number of ether oxygens (including phenoxy) is 1. The number of benzene rings is 7. The predicted octanol–water partition coefficient (Wildman–Crippen LogP) is 9.52. The molecule has 0 saturated carbocycles. The molecule has 0 atom stereocenters. The number of rotatable bonds is 7. The molecule has 0 spiro atoms. The van der Waals surface area contributed by atoms with Crippen molar-refractivity contribution in [1.29, 1.82) is 0 Å². The van der Waals surface area contributed by atoms with E-state index in [2.05, 4.69) is 141 Å². The molecule has 10 aromatic rings. The Labute approximate surface area is 344 Å². The molecule has 4 heterocycles. The molecule has 1 aliphatic heterocycles. The molecule has 0 amide bonds. The second-order valence-corrected chi connectivity index (χ2v) is 13.6. The Morgan fingerprint density at radius 2 is 1.28 bits per heavy atom. The average molecular weight is 915 g/mol. The van der Waals surface area contributed by atoms with Gasteiger partial charge < -0.3 is 23.3 Å². The molecule has 9 heteroatoms. The minimum atomic E-state index is -0.396. The number of para-hydroxylation sites is 6. The molecule has 274 valence electrons. The van der Waals surface area contributed by atoms with E-state index in [0.717, 1.165) is 56.1 Å². The zero-order valence-corrected chi connectivity index (χ0v) is 32.5. The third kappa shape index (κ3) is 5.88. The fraction of sp³-hybridized carbons (Fsp3) is 0. The van der Waals surface area contributed by atoms with Crippen LogP contribution < -0.4 is 24.2 Å². The topological polar surface area (TPSA) is 48.3 Å². The second kappa shape index (κ2) is 14.3. The van der Waals surface area contributed by atoms with Crippen LogP contribution in [0.2, 0.25) is 0 Å². The quantitative estimate of drug-likeness (QED) is 0.0909. The number of imidazole rings is 1. The van der Waals surface area contributed by atoms with E-state index in [-0.39, 0.29) is 21.1 Å². The van der Waals surface area contributed by atoms with Gasteiger partial charge in [-0.2, -0.15) is 12.1 Å². The van der Waals surface area contributed by atoms with Crippen molar-refractivity contribution in [2.45, 2.75) is 0 Å². The van der Waals surface area contributed by atoms with Crippen LogP contribution in [0.15, 0.2) is 182 Å². The van der Waals surface area contributed by atoms with E-state index in [1.54, 1.807) is 6.20 Å². The van der Waals surface area contributed by atoms with Gasteiger partial charge in [0, 0.05) is 55.3 Å². The van der Waals surface area contributed by atoms with E-state index in [4.69, 9.17) is 9.39 Å². The molecule has 11 rings (SSSR count). The van der Waals surface area contributed by atoms with Gasteiger partial charge >= 0.3 is 7.05 Å². The maximum Gasteiger partial charge on any atom is 0.511 e. The first-order valence-corrected chi connectivity index (χ1v) is 18.5. The Morgan fingerprint density at radius 3 is 2.07 bits per heavy atom. The van der Waals surface area contributed by atoms with E-state index >= 15 is 0 Å². The molecule has 57 heavy (non-hydrogen) atoms. The first kappa shape index (κ1) is 34.6. The summed E-state index contributed by atoms with van der Waals surface area (Å²) in [7, 11) is -0.396. The third-order valence-corrected chi connectivity index (χ3v) is 10.3. The summed E-state index contributed by atoms with van der Waals surface area (Å²) in [5, 5.41) is 2.43. The minimum Gasteiger partial charge on any atom is -0.599 e. The largest absolute Gasteiger partial charge is 0.599 e. The van der Waals surface area contributed by atoms with Gasteiger partial charge in [0.1, 0.15) is 5.82 Å². The van der Waals surface area contributed by atoms with Crippen LogP contribution in [-0.2, 0) is 21.1 Å². The van der Waals surface area contributed by atoms with Crippen molar-refractivity contribution in [3.63, 3.8) is 0 Å².